The van der Waals surface area contributed by atoms with Crippen LogP contribution in [-0.4, -0.2) is 52.8 Å². The maximum atomic E-state index is 13.7. The van der Waals surface area contributed by atoms with Crippen LogP contribution in [0.1, 0.15) is 69.1 Å². The highest BCUT2D eigenvalue weighted by Gasteiger charge is 2.42. The largest absolute Gasteiger partial charge is 0.345 e. The molecule has 1 spiro atoms. The van der Waals surface area contributed by atoms with Gasteiger partial charge in [-0.15, -0.1) is 0 Å². The predicted octanol–water partition coefficient (Wildman–Crippen LogP) is 7.09. The van der Waals surface area contributed by atoms with Crippen molar-refractivity contribution in [1.82, 2.24) is 20.1 Å². The first-order chi connectivity index (χ1) is 20.9. The Balaban J connectivity index is 0.978. The second-order valence-corrected chi connectivity index (χ2v) is 13.1. The fraction of sp³-hybridized carbons (Fsp3) is 0.343. The Morgan fingerprint density at radius 2 is 1.79 bits per heavy atom. The highest BCUT2D eigenvalue weighted by atomic mass is 35.5. The lowest BCUT2D eigenvalue weighted by atomic mass is 9.77. The fourth-order valence-corrected chi connectivity index (χ4v) is 7.55. The van der Waals surface area contributed by atoms with Crippen molar-refractivity contribution in [3.05, 3.63) is 111 Å². The average molecular weight is 614 g/mol. The van der Waals surface area contributed by atoms with Crippen LogP contribution in [0.2, 0.25) is 10.0 Å². The third kappa shape index (κ3) is 5.64. The zero-order valence-corrected chi connectivity index (χ0v) is 25.5. The monoisotopic (exact) mass is 612 g/mol. The lowest BCUT2D eigenvalue weighted by molar-refractivity contribution is 0.0713. The number of nitrogens with one attached hydrogen (secondary N) is 1. The molecule has 2 fully saturated rings. The van der Waals surface area contributed by atoms with Crippen LogP contribution in [0.25, 0.3) is 10.9 Å². The van der Waals surface area contributed by atoms with Gasteiger partial charge in [-0.1, -0.05) is 47.5 Å². The smallest absolute Gasteiger partial charge is 0.253 e. The Bertz CT molecular complexity index is 1720. The van der Waals surface area contributed by atoms with Crippen LogP contribution in [0.4, 0.5) is 0 Å². The third-order valence-corrected chi connectivity index (χ3v) is 10.5. The van der Waals surface area contributed by atoms with Gasteiger partial charge in [0.05, 0.1) is 27.2 Å². The lowest BCUT2D eigenvalue weighted by Gasteiger charge is -2.39. The number of likely N-dealkylation sites (tertiary alicyclic amines) is 2. The molecule has 0 bridgehead atoms. The van der Waals surface area contributed by atoms with Crippen molar-refractivity contribution < 1.29 is 9.59 Å². The number of aromatic nitrogens is 1. The molecule has 3 aromatic carbocycles. The molecule has 1 N–H and O–H groups in total. The summed E-state index contributed by atoms with van der Waals surface area (Å²) in [7, 11) is 0. The Hall–Kier alpha value is -3.45. The van der Waals surface area contributed by atoms with Gasteiger partial charge in [0.25, 0.3) is 11.8 Å². The first-order valence-electron chi connectivity index (χ1n) is 15.1. The molecule has 2 amide bonds. The van der Waals surface area contributed by atoms with Gasteiger partial charge in [0.1, 0.15) is 0 Å². The molecule has 6 nitrogen and oxygen atoms in total. The molecule has 43 heavy (non-hydrogen) atoms. The molecule has 4 aromatic rings. The zero-order chi connectivity index (χ0) is 29.6. The van der Waals surface area contributed by atoms with Crippen LogP contribution >= 0.6 is 23.2 Å². The molecule has 3 heterocycles. The molecular weight excluding hydrogens is 579 g/mol. The number of hydrogen-bond donors (Lipinski definition) is 1. The number of aryl methyl sites for hydroxylation is 1. The number of halogens is 2. The minimum Gasteiger partial charge on any atom is -0.345 e. The van der Waals surface area contributed by atoms with E-state index in [0.717, 1.165) is 75.9 Å². The van der Waals surface area contributed by atoms with Gasteiger partial charge in [-0.05, 0) is 110 Å². The van der Waals surface area contributed by atoms with Crippen LogP contribution < -0.4 is 5.32 Å². The standard InChI is InChI=1S/C35H34Cl2N4O2/c36-29-5-1-4-27(32(29)37)33(42)39-31-11-9-24-7-8-26(20-28(24)31)34(43)41-18-14-35(22-41)12-16-40(17-13-35)21-23-6-10-30-25(19-23)3-2-15-38-30/h1-8,10,15,19-20,31H,9,11-14,16-18,21-22H2,(H,39,42). The molecule has 2 aliphatic heterocycles. The normalized spacial score (nSPS) is 19.6. The second-order valence-electron chi connectivity index (χ2n) is 12.4. The minimum atomic E-state index is -0.257. The zero-order valence-electron chi connectivity index (χ0n) is 24.0. The number of rotatable bonds is 5. The number of pyridine rings is 1. The van der Waals surface area contributed by atoms with Gasteiger partial charge in [0.15, 0.2) is 0 Å². The molecule has 1 unspecified atom stereocenters. The van der Waals surface area contributed by atoms with Crippen LogP contribution in [-0.2, 0) is 13.0 Å². The topological polar surface area (TPSA) is 65.5 Å². The molecule has 220 valence electrons. The highest BCUT2D eigenvalue weighted by molar-refractivity contribution is 6.43. The van der Waals surface area contributed by atoms with E-state index in [1.54, 1.807) is 18.2 Å². The van der Waals surface area contributed by atoms with E-state index in [0.29, 0.717) is 16.1 Å². The van der Waals surface area contributed by atoms with E-state index in [1.807, 2.05) is 35.4 Å². The van der Waals surface area contributed by atoms with E-state index in [2.05, 4.69) is 39.5 Å². The first-order valence-corrected chi connectivity index (χ1v) is 15.9. The van der Waals surface area contributed by atoms with E-state index in [1.165, 1.54) is 16.5 Å². The summed E-state index contributed by atoms with van der Waals surface area (Å²) in [4.78, 5) is 35.8. The maximum Gasteiger partial charge on any atom is 0.253 e. The van der Waals surface area contributed by atoms with Crippen molar-refractivity contribution in [3.63, 3.8) is 0 Å². The number of carbonyl (C=O) groups excluding carboxylic acids is 2. The minimum absolute atomic E-state index is 0.0849. The second kappa shape index (κ2) is 11.6. The molecule has 1 aromatic heterocycles. The van der Waals surface area contributed by atoms with E-state index in [-0.39, 0.29) is 28.3 Å². The van der Waals surface area contributed by atoms with E-state index in [9.17, 15) is 9.59 Å². The highest BCUT2D eigenvalue weighted by Crippen LogP contribution is 2.41. The van der Waals surface area contributed by atoms with Crippen molar-refractivity contribution in [3.8, 4) is 0 Å². The number of benzene rings is 3. The first kappa shape index (κ1) is 28.3. The number of carbonyl (C=O) groups is 2. The van der Waals surface area contributed by atoms with Gasteiger partial charge < -0.3 is 10.2 Å². The van der Waals surface area contributed by atoms with Crippen molar-refractivity contribution in [2.24, 2.45) is 5.41 Å². The molecule has 7 rings (SSSR count). The van der Waals surface area contributed by atoms with Crippen molar-refractivity contribution in [2.45, 2.75) is 44.7 Å². The van der Waals surface area contributed by atoms with Crippen molar-refractivity contribution in [1.29, 1.82) is 0 Å². The number of fused-ring (bicyclic) bond motifs is 2. The number of hydrogen-bond acceptors (Lipinski definition) is 4. The van der Waals surface area contributed by atoms with Gasteiger partial charge >= 0.3 is 0 Å². The molecular formula is C35H34Cl2N4O2. The molecule has 0 radical (unpaired) electrons. The quantitative estimate of drug-likeness (QED) is 0.261. The summed E-state index contributed by atoms with van der Waals surface area (Å²) in [5.41, 5.74) is 5.80. The summed E-state index contributed by atoms with van der Waals surface area (Å²) in [6, 6.07) is 21.5. The maximum absolute atomic E-state index is 13.7. The summed E-state index contributed by atoms with van der Waals surface area (Å²) < 4.78 is 0. The SMILES string of the molecule is O=C(NC1CCc2ccc(C(=O)N3CCC4(CCN(Cc5ccc6ncccc6c5)CC4)C3)cc21)c1cccc(Cl)c1Cl. The van der Waals surface area contributed by atoms with E-state index >= 15 is 0 Å². The van der Waals surface area contributed by atoms with Gasteiger partial charge in [-0.25, -0.2) is 0 Å². The Labute approximate surface area is 262 Å². The summed E-state index contributed by atoms with van der Waals surface area (Å²) in [5, 5.41) is 4.91. The molecule has 0 saturated carbocycles. The number of nitrogens with zero attached hydrogens (tertiary/aromatic N) is 3. The van der Waals surface area contributed by atoms with Gasteiger partial charge in [-0.2, -0.15) is 0 Å². The fourth-order valence-electron chi connectivity index (χ4n) is 7.17. The van der Waals surface area contributed by atoms with Gasteiger partial charge in [0.2, 0.25) is 0 Å². The third-order valence-electron chi connectivity index (χ3n) is 9.69. The van der Waals surface area contributed by atoms with E-state index in [4.69, 9.17) is 23.2 Å². The van der Waals surface area contributed by atoms with Gasteiger partial charge in [-0.3, -0.25) is 19.5 Å². The molecule has 3 aliphatic rings. The average Bonchev–Trinajstić information content (AvgIpc) is 3.63. The van der Waals surface area contributed by atoms with Crippen LogP contribution in [0, 0.1) is 5.41 Å². The molecule has 1 atom stereocenters. The van der Waals surface area contributed by atoms with Crippen molar-refractivity contribution in [2.75, 3.05) is 26.2 Å². The summed E-state index contributed by atoms with van der Waals surface area (Å²) in [6.45, 7) is 4.64. The molecule has 8 heteroatoms. The predicted molar refractivity (Wildman–Crippen MR) is 171 cm³/mol. The Kier molecular flexibility index (Phi) is 7.62. The Morgan fingerprint density at radius 1 is 0.953 bits per heavy atom. The van der Waals surface area contributed by atoms with Crippen molar-refractivity contribution >= 4 is 45.9 Å². The summed E-state index contributed by atoms with van der Waals surface area (Å²) in [5.74, 6) is -0.172. The Morgan fingerprint density at radius 3 is 2.65 bits per heavy atom. The summed E-state index contributed by atoms with van der Waals surface area (Å²) >= 11 is 12.4. The molecule has 1 aliphatic carbocycles. The summed E-state index contributed by atoms with van der Waals surface area (Å²) in [6.07, 6.45) is 6.75. The van der Waals surface area contributed by atoms with Crippen LogP contribution in [0.5, 0.6) is 0 Å². The number of piperidine rings is 1. The van der Waals surface area contributed by atoms with Crippen LogP contribution in [0.15, 0.2) is 72.9 Å². The van der Waals surface area contributed by atoms with E-state index < -0.39 is 0 Å². The lowest BCUT2D eigenvalue weighted by Crippen LogP contribution is -2.42. The molecule has 2 saturated heterocycles. The number of amides is 2. The van der Waals surface area contributed by atoms with Gasteiger partial charge in [0, 0.05) is 36.8 Å². The van der Waals surface area contributed by atoms with Crippen LogP contribution in [0.3, 0.4) is 0 Å².